The Morgan fingerprint density at radius 2 is 1.63 bits per heavy atom. The van der Waals surface area contributed by atoms with Crippen LogP contribution in [0.25, 0.3) is 0 Å². The first-order valence-electron chi connectivity index (χ1n) is 8.41. The van der Waals surface area contributed by atoms with Crippen LogP contribution in [0.1, 0.15) is 20.8 Å². The molecule has 0 bridgehead atoms. The SMILES string of the molecule is C=CC1(COC(C)=O)OC(OC(=N)C(Cl)(Cl)Cl)C(OC(C)=O)[C@@H](OC)[C@H]1OC(C)=O. The fourth-order valence-electron chi connectivity index (χ4n) is 2.70. The van der Waals surface area contributed by atoms with Gasteiger partial charge in [-0.3, -0.25) is 19.8 Å². The molecule has 0 aromatic rings. The summed E-state index contributed by atoms with van der Waals surface area (Å²) in [5.74, 6) is -2.99. The first kappa shape index (κ1) is 26.4. The van der Waals surface area contributed by atoms with Gasteiger partial charge in [-0.1, -0.05) is 47.5 Å². The van der Waals surface area contributed by atoms with Gasteiger partial charge in [-0.05, 0) is 0 Å². The molecule has 13 heteroatoms. The Balaban J connectivity index is 3.49. The second kappa shape index (κ2) is 10.6. The minimum atomic E-state index is -2.26. The van der Waals surface area contributed by atoms with Gasteiger partial charge in [0.25, 0.3) is 3.79 Å². The third-order valence-electron chi connectivity index (χ3n) is 3.91. The number of nitrogens with one attached hydrogen (secondary N) is 1. The average molecular weight is 491 g/mol. The minimum Gasteiger partial charge on any atom is -0.462 e. The van der Waals surface area contributed by atoms with Crippen LogP contribution in [0.4, 0.5) is 0 Å². The molecule has 1 aliphatic heterocycles. The summed E-state index contributed by atoms with van der Waals surface area (Å²) < 4.78 is 29.9. The van der Waals surface area contributed by atoms with Crippen molar-refractivity contribution < 1.29 is 42.8 Å². The molecule has 0 aromatic carbocycles. The lowest BCUT2D eigenvalue weighted by atomic mass is 9.86. The molecular weight excluding hydrogens is 469 g/mol. The zero-order valence-electron chi connectivity index (χ0n) is 16.6. The van der Waals surface area contributed by atoms with E-state index in [4.69, 9.17) is 68.6 Å². The third kappa shape index (κ3) is 6.71. The molecule has 30 heavy (non-hydrogen) atoms. The van der Waals surface area contributed by atoms with Crippen molar-refractivity contribution >= 4 is 58.6 Å². The molecule has 1 saturated heterocycles. The van der Waals surface area contributed by atoms with Crippen molar-refractivity contribution in [3.8, 4) is 0 Å². The lowest BCUT2D eigenvalue weighted by Gasteiger charge is -2.49. The molecule has 10 nitrogen and oxygen atoms in total. The standard InChI is InChI=1S/C17H22Cl3NO9/c1-6-16(7-26-8(2)22)13(28-10(4)24)11(25-5)12(27-9(3)23)14(30-16)29-15(21)17(18,19)20/h6,11-14,21H,1,7H2,2-5H3/t11-,12?,13-,14?,16?/m1/s1. The van der Waals surface area contributed by atoms with Crippen LogP contribution >= 0.6 is 34.8 Å². The number of halogens is 3. The molecule has 1 fully saturated rings. The molecule has 1 heterocycles. The summed E-state index contributed by atoms with van der Waals surface area (Å²) in [7, 11) is 1.25. The van der Waals surface area contributed by atoms with E-state index < -0.39 is 64.4 Å². The maximum atomic E-state index is 11.7. The van der Waals surface area contributed by atoms with E-state index in [1.807, 2.05) is 0 Å². The van der Waals surface area contributed by atoms with Gasteiger partial charge in [0.15, 0.2) is 17.8 Å². The molecular formula is C17H22Cl3NO9. The lowest BCUT2D eigenvalue weighted by molar-refractivity contribution is -0.316. The van der Waals surface area contributed by atoms with E-state index in [2.05, 4.69) is 6.58 Å². The second-order valence-corrected chi connectivity index (χ2v) is 8.46. The molecule has 0 radical (unpaired) electrons. The molecule has 0 saturated carbocycles. The smallest absolute Gasteiger partial charge is 0.303 e. The van der Waals surface area contributed by atoms with E-state index in [1.54, 1.807) is 0 Å². The number of ether oxygens (including phenoxy) is 6. The Kier molecular flexibility index (Phi) is 9.37. The van der Waals surface area contributed by atoms with Crippen LogP contribution in [0.5, 0.6) is 0 Å². The number of hydrogen-bond acceptors (Lipinski definition) is 10. The zero-order valence-corrected chi connectivity index (χ0v) is 18.9. The van der Waals surface area contributed by atoms with Gasteiger partial charge in [0, 0.05) is 27.9 Å². The maximum Gasteiger partial charge on any atom is 0.303 e. The number of methoxy groups -OCH3 is 1. The predicted octanol–water partition coefficient (Wildman–Crippen LogP) is 2.07. The quantitative estimate of drug-likeness (QED) is 0.142. The summed E-state index contributed by atoms with van der Waals surface area (Å²) in [6.45, 7) is 6.57. The molecule has 0 amide bonds. The van der Waals surface area contributed by atoms with Crippen LogP contribution in [0.3, 0.4) is 0 Å². The Morgan fingerprint density at radius 3 is 2.03 bits per heavy atom. The molecule has 3 unspecified atom stereocenters. The highest BCUT2D eigenvalue weighted by Crippen LogP contribution is 2.38. The number of esters is 3. The fraction of sp³-hybridized carbons (Fsp3) is 0.647. The van der Waals surface area contributed by atoms with Crippen molar-refractivity contribution in [3.63, 3.8) is 0 Å². The predicted molar refractivity (Wildman–Crippen MR) is 105 cm³/mol. The fourth-order valence-corrected chi connectivity index (χ4v) is 2.83. The monoisotopic (exact) mass is 489 g/mol. The van der Waals surface area contributed by atoms with Crippen molar-refractivity contribution in [1.29, 1.82) is 5.41 Å². The van der Waals surface area contributed by atoms with Gasteiger partial charge in [0.1, 0.15) is 12.7 Å². The van der Waals surface area contributed by atoms with E-state index in [1.165, 1.54) is 13.2 Å². The maximum absolute atomic E-state index is 11.7. The van der Waals surface area contributed by atoms with Crippen LogP contribution in [0, 0.1) is 5.41 Å². The Bertz CT molecular complexity index is 696. The zero-order chi connectivity index (χ0) is 23.3. The molecule has 0 aliphatic carbocycles. The van der Waals surface area contributed by atoms with Crippen molar-refractivity contribution in [2.75, 3.05) is 13.7 Å². The van der Waals surface area contributed by atoms with Gasteiger partial charge in [-0.15, -0.1) is 0 Å². The highest BCUT2D eigenvalue weighted by atomic mass is 35.6. The molecule has 170 valence electrons. The van der Waals surface area contributed by atoms with Gasteiger partial charge in [0.05, 0.1) is 0 Å². The highest BCUT2D eigenvalue weighted by molar-refractivity contribution is 6.76. The first-order chi connectivity index (χ1) is 13.8. The van der Waals surface area contributed by atoms with Gasteiger partial charge in [-0.25, -0.2) is 0 Å². The van der Waals surface area contributed by atoms with Crippen molar-refractivity contribution in [3.05, 3.63) is 12.7 Å². The number of carbonyl (C=O) groups excluding carboxylic acids is 3. The molecule has 1 N–H and O–H groups in total. The highest BCUT2D eigenvalue weighted by Gasteiger charge is 2.59. The Morgan fingerprint density at radius 1 is 1.07 bits per heavy atom. The van der Waals surface area contributed by atoms with Gasteiger partial charge in [-0.2, -0.15) is 0 Å². The summed E-state index contributed by atoms with van der Waals surface area (Å²) in [5, 5.41) is 7.82. The van der Waals surface area contributed by atoms with E-state index in [0.29, 0.717) is 0 Å². The largest absolute Gasteiger partial charge is 0.462 e. The van der Waals surface area contributed by atoms with Crippen LogP contribution in [-0.2, 0) is 42.8 Å². The van der Waals surface area contributed by atoms with Crippen LogP contribution in [0.15, 0.2) is 12.7 Å². The molecule has 0 aromatic heterocycles. The Labute approximate surface area is 188 Å². The Hall–Kier alpha value is -1.59. The molecule has 1 aliphatic rings. The number of alkyl halides is 3. The van der Waals surface area contributed by atoms with Gasteiger partial charge < -0.3 is 28.4 Å². The minimum absolute atomic E-state index is 0.475. The van der Waals surface area contributed by atoms with Crippen LogP contribution < -0.4 is 0 Å². The average Bonchev–Trinajstić information content (AvgIpc) is 2.61. The van der Waals surface area contributed by atoms with E-state index in [9.17, 15) is 14.4 Å². The van der Waals surface area contributed by atoms with Crippen LogP contribution in [0.2, 0.25) is 0 Å². The summed E-state index contributed by atoms with van der Waals surface area (Å²) in [4.78, 5) is 34.8. The number of hydrogen-bond donors (Lipinski definition) is 1. The van der Waals surface area contributed by atoms with Crippen molar-refractivity contribution in [1.82, 2.24) is 0 Å². The normalized spacial score (nSPS) is 28.8. The molecule has 0 spiro atoms. The van der Waals surface area contributed by atoms with Gasteiger partial charge >= 0.3 is 17.9 Å². The van der Waals surface area contributed by atoms with Crippen LogP contribution in [-0.4, -0.2) is 71.5 Å². The summed E-state index contributed by atoms with van der Waals surface area (Å²) >= 11 is 17.0. The number of rotatable bonds is 7. The van der Waals surface area contributed by atoms with Crippen molar-refractivity contribution in [2.24, 2.45) is 0 Å². The summed E-state index contributed by atoms with van der Waals surface area (Å²) in [5.41, 5.74) is -1.72. The molecule has 1 rings (SSSR count). The third-order valence-corrected chi connectivity index (χ3v) is 4.43. The van der Waals surface area contributed by atoms with Crippen molar-refractivity contribution in [2.45, 2.75) is 54.8 Å². The summed E-state index contributed by atoms with van der Waals surface area (Å²) in [6.07, 6.45) is -4.23. The lowest BCUT2D eigenvalue weighted by Crippen LogP contribution is -2.68. The number of carbonyl (C=O) groups is 3. The van der Waals surface area contributed by atoms with E-state index in [-0.39, 0.29) is 0 Å². The summed E-state index contributed by atoms with van der Waals surface area (Å²) in [6, 6.07) is 0. The second-order valence-electron chi connectivity index (χ2n) is 6.17. The van der Waals surface area contributed by atoms with E-state index in [0.717, 1.165) is 20.8 Å². The van der Waals surface area contributed by atoms with Gasteiger partial charge in [0.2, 0.25) is 12.2 Å². The molecule has 5 atom stereocenters. The topological polar surface area (TPSA) is 130 Å². The van der Waals surface area contributed by atoms with E-state index >= 15 is 0 Å². The first-order valence-corrected chi connectivity index (χ1v) is 9.55.